The molecule has 3 N–H and O–H groups in total. The van der Waals surface area contributed by atoms with Crippen molar-refractivity contribution in [3.8, 4) is 16.9 Å². The quantitative estimate of drug-likeness (QED) is 0.203. The highest BCUT2D eigenvalue weighted by Crippen LogP contribution is 2.32. The molecular weight excluding hydrogens is 532 g/mol. The van der Waals surface area contributed by atoms with Gasteiger partial charge in [-0.2, -0.15) is 0 Å². The van der Waals surface area contributed by atoms with Gasteiger partial charge in [-0.25, -0.2) is 14.4 Å². The van der Waals surface area contributed by atoms with Crippen LogP contribution in [0.3, 0.4) is 0 Å². The number of aliphatic hydroxyl groups is 1. The van der Waals surface area contributed by atoms with Crippen LogP contribution < -0.4 is 10.1 Å². The molecule has 0 saturated carbocycles. The Morgan fingerprint density at radius 2 is 1.97 bits per heavy atom. The molecule has 0 spiro atoms. The molecule has 4 aromatic rings. The fraction of sp³-hybridized carbons (Fsp3) is 0.259. The Morgan fingerprint density at radius 3 is 2.76 bits per heavy atom. The Balaban J connectivity index is 1.43. The summed E-state index contributed by atoms with van der Waals surface area (Å²) in [5.74, 6) is 0.0799. The van der Waals surface area contributed by atoms with Crippen molar-refractivity contribution in [2.24, 2.45) is 0 Å². The van der Waals surface area contributed by atoms with Gasteiger partial charge in [0.1, 0.15) is 23.2 Å². The van der Waals surface area contributed by atoms with Gasteiger partial charge >= 0.3 is 0 Å². The minimum atomic E-state index is -0.743. The first-order valence-corrected chi connectivity index (χ1v) is 12.6. The van der Waals surface area contributed by atoms with E-state index < -0.39 is 17.3 Å². The van der Waals surface area contributed by atoms with Crippen LogP contribution >= 0.6 is 23.2 Å². The lowest BCUT2D eigenvalue weighted by atomic mass is 10.0. The summed E-state index contributed by atoms with van der Waals surface area (Å²) < 4.78 is 19.8. The van der Waals surface area contributed by atoms with Gasteiger partial charge in [0, 0.05) is 28.2 Å². The number of carbonyl (C=O) groups is 1. The molecule has 2 heterocycles. The first-order chi connectivity index (χ1) is 18.1. The van der Waals surface area contributed by atoms with E-state index in [0.717, 1.165) is 0 Å². The van der Waals surface area contributed by atoms with E-state index in [0.29, 0.717) is 57.8 Å². The highest BCUT2D eigenvalue weighted by molar-refractivity contribution is 6.33. The molecule has 0 aliphatic rings. The molecule has 0 aliphatic heterocycles. The number of nitrogens with one attached hydrogen (secondary N) is 2. The minimum Gasteiger partial charge on any atom is -0.494 e. The van der Waals surface area contributed by atoms with Crippen molar-refractivity contribution >= 4 is 34.9 Å². The lowest BCUT2D eigenvalue weighted by molar-refractivity contribution is 0.0641. The van der Waals surface area contributed by atoms with Crippen LogP contribution in [-0.4, -0.2) is 43.4 Å². The molecule has 0 aliphatic carbocycles. The summed E-state index contributed by atoms with van der Waals surface area (Å²) in [6, 6.07) is 13.0. The summed E-state index contributed by atoms with van der Waals surface area (Å²) in [4.78, 5) is 21.1. The van der Waals surface area contributed by atoms with E-state index in [-0.39, 0.29) is 18.1 Å². The monoisotopic (exact) mass is 557 g/mol. The standard InChI is InChI=1S/C27H26Cl2FN5O3/c1-27(2,37)9-3-11-38-19-5-6-21(29)20(15-19)16-8-10-31-23(13-16)33-26(36)25-32-24(34-35-25)14-17-12-18(28)4-7-22(17)30/h4-8,10,12-13,15,37H,3,9,11,14H2,1-2H3,(H,31,33,36)(H,32,34,35). The zero-order chi connectivity index (χ0) is 27.3. The van der Waals surface area contributed by atoms with Gasteiger partial charge in [0.25, 0.3) is 5.91 Å². The highest BCUT2D eigenvalue weighted by atomic mass is 35.5. The zero-order valence-electron chi connectivity index (χ0n) is 20.8. The molecule has 11 heteroatoms. The maximum absolute atomic E-state index is 14.0. The van der Waals surface area contributed by atoms with Gasteiger partial charge in [-0.1, -0.05) is 23.2 Å². The number of rotatable bonds is 10. The number of benzene rings is 2. The zero-order valence-corrected chi connectivity index (χ0v) is 22.3. The summed E-state index contributed by atoms with van der Waals surface area (Å²) in [7, 11) is 0. The number of nitrogens with zero attached hydrogens (tertiary/aromatic N) is 3. The lowest BCUT2D eigenvalue weighted by Gasteiger charge is -2.17. The maximum Gasteiger partial charge on any atom is 0.296 e. The van der Waals surface area contributed by atoms with Crippen LogP contribution in [-0.2, 0) is 6.42 Å². The number of aromatic nitrogens is 4. The Labute approximate surface area is 229 Å². The highest BCUT2D eigenvalue weighted by Gasteiger charge is 2.16. The van der Waals surface area contributed by atoms with Crippen LogP contribution in [0.1, 0.15) is 48.7 Å². The average Bonchev–Trinajstić information content (AvgIpc) is 3.33. The number of halogens is 3. The summed E-state index contributed by atoms with van der Waals surface area (Å²) in [6.07, 6.45) is 2.95. The predicted molar refractivity (Wildman–Crippen MR) is 144 cm³/mol. The Kier molecular flexibility index (Phi) is 8.61. The third-order valence-electron chi connectivity index (χ3n) is 5.55. The summed E-state index contributed by atoms with van der Waals surface area (Å²) in [6.45, 7) is 3.97. The molecular formula is C27H26Cl2FN5O3. The van der Waals surface area contributed by atoms with Gasteiger partial charge in [0.15, 0.2) is 0 Å². The Morgan fingerprint density at radius 1 is 1.16 bits per heavy atom. The van der Waals surface area contributed by atoms with E-state index in [1.54, 1.807) is 44.3 Å². The fourth-order valence-electron chi connectivity index (χ4n) is 3.68. The smallest absolute Gasteiger partial charge is 0.296 e. The minimum absolute atomic E-state index is 0.0923. The molecule has 2 aromatic heterocycles. The Bertz CT molecular complexity index is 1440. The number of ether oxygens (including phenoxy) is 1. The third kappa shape index (κ3) is 7.50. The van der Waals surface area contributed by atoms with Gasteiger partial charge in [-0.15, -0.1) is 5.10 Å². The fourth-order valence-corrected chi connectivity index (χ4v) is 4.11. The number of anilines is 1. The molecule has 2 aromatic carbocycles. The number of amides is 1. The molecule has 8 nitrogen and oxygen atoms in total. The van der Waals surface area contributed by atoms with Gasteiger partial charge < -0.3 is 15.2 Å². The summed E-state index contributed by atoms with van der Waals surface area (Å²) in [5.41, 5.74) is 1.01. The second kappa shape index (κ2) is 11.9. The van der Waals surface area contributed by atoms with E-state index >= 15 is 0 Å². The normalized spacial score (nSPS) is 11.4. The predicted octanol–water partition coefficient (Wildman–Crippen LogP) is 6.09. The molecule has 0 saturated heterocycles. The van der Waals surface area contributed by atoms with Crippen molar-refractivity contribution in [1.29, 1.82) is 0 Å². The van der Waals surface area contributed by atoms with Crippen LogP contribution in [0.4, 0.5) is 10.2 Å². The number of hydrogen-bond acceptors (Lipinski definition) is 6. The van der Waals surface area contributed by atoms with Crippen molar-refractivity contribution in [3.05, 3.63) is 87.8 Å². The second-order valence-corrected chi connectivity index (χ2v) is 10.2. The maximum atomic E-state index is 14.0. The third-order valence-corrected chi connectivity index (χ3v) is 6.12. The molecule has 4 rings (SSSR count). The number of H-pyrrole nitrogens is 1. The van der Waals surface area contributed by atoms with Crippen LogP contribution in [0.25, 0.3) is 11.1 Å². The molecule has 1 amide bonds. The molecule has 0 bridgehead atoms. The van der Waals surface area contributed by atoms with Crippen LogP contribution in [0.5, 0.6) is 5.75 Å². The molecule has 198 valence electrons. The summed E-state index contributed by atoms with van der Waals surface area (Å²) >= 11 is 12.4. The number of hydrogen-bond donors (Lipinski definition) is 3. The molecule has 0 radical (unpaired) electrons. The first-order valence-electron chi connectivity index (χ1n) is 11.8. The number of pyridine rings is 1. The van der Waals surface area contributed by atoms with E-state index in [1.165, 1.54) is 18.2 Å². The van der Waals surface area contributed by atoms with Crippen molar-refractivity contribution in [3.63, 3.8) is 0 Å². The van der Waals surface area contributed by atoms with Crippen molar-refractivity contribution < 1.29 is 19.0 Å². The Hall–Kier alpha value is -3.53. The SMILES string of the molecule is CC(C)(O)CCCOc1ccc(Cl)c(-c2ccnc(NC(=O)c3n[nH]c(Cc4cc(Cl)ccc4F)n3)c2)c1. The van der Waals surface area contributed by atoms with Gasteiger partial charge in [-0.05, 0) is 86.3 Å². The van der Waals surface area contributed by atoms with Gasteiger partial charge in [0.2, 0.25) is 5.82 Å². The van der Waals surface area contributed by atoms with Crippen molar-refractivity contribution in [1.82, 2.24) is 20.2 Å². The molecule has 38 heavy (non-hydrogen) atoms. The molecule has 0 atom stereocenters. The largest absolute Gasteiger partial charge is 0.494 e. The van der Waals surface area contributed by atoms with Gasteiger partial charge in [0.05, 0.1) is 12.2 Å². The summed E-state index contributed by atoms with van der Waals surface area (Å²) in [5, 5.41) is 20.0. The van der Waals surface area contributed by atoms with Gasteiger partial charge in [-0.3, -0.25) is 9.89 Å². The molecule has 0 fully saturated rings. The lowest BCUT2D eigenvalue weighted by Crippen LogP contribution is -2.19. The topological polar surface area (TPSA) is 113 Å². The van der Waals surface area contributed by atoms with E-state index in [9.17, 15) is 14.3 Å². The van der Waals surface area contributed by atoms with E-state index in [1.807, 2.05) is 6.07 Å². The van der Waals surface area contributed by atoms with Crippen molar-refractivity contribution in [2.45, 2.75) is 38.7 Å². The average molecular weight is 558 g/mol. The van der Waals surface area contributed by atoms with Crippen LogP contribution in [0.2, 0.25) is 10.0 Å². The number of aromatic amines is 1. The number of carbonyl (C=O) groups excluding carboxylic acids is 1. The first kappa shape index (κ1) is 27.5. The van der Waals surface area contributed by atoms with Crippen molar-refractivity contribution in [2.75, 3.05) is 11.9 Å². The van der Waals surface area contributed by atoms with E-state index in [4.69, 9.17) is 27.9 Å². The van der Waals surface area contributed by atoms with Crippen LogP contribution in [0.15, 0.2) is 54.7 Å². The van der Waals surface area contributed by atoms with Crippen LogP contribution in [0, 0.1) is 5.82 Å². The molecule has 0 unspecified atom stereocenters. The van der Waals surface area contributed by atoms with E-state index in [2.05, 4.69) is 25.5 Å². The second-order valence-electron chi connectivity index (χ2n) is 9.31.